The van der Waals surface area contributed by atoms with Crippen molar-refractivity contribution in [3.05, 3.63) is 26.6 Å². The molecule has 1 saturated heterocycles. The van der Waals surface area contributed by atoms with Crippen LogP contribution in [0.2, 0.25) is 0 Å². The second-order valence-electron chi connectivity index (χ2n) is 6.88. The van der Waals surface area contributed by atoms with E-state index in [2.05, 4.69) is 16.8 Å². The number of aryl methyl sites for hydroxylation is 1. The Kier molecular flexibility index (Phi) is 3.78. The van der Waals surface area contributed by atoms with Gasteiger partial charge in [-0.05, 0) is 56.7 Å². The van der Waals surface area contributed by atoms with E-state index in [1.165, 1.54) is 36.1 Å². The standard InChI is InChI=1S/C17H23N3OS/c1-11-5-6-12-13(9-11)22-17-15(12)16(21)18-14(19-17)10-20-7-3-2-4-8-20/h11H,2-10H2,1H3,(H,18,19,21)/t11-/m1/s1. The van der Waals surface area contributed by atoms with E-state index >= 15 is 0 Å². The number of likely N-dealkylation sites (tertiary alicyclic amines) is 1. The van der Waals surface area contributed by atoms with Crippen LogP contribution in [0.3, 0.4) is 0 Å². The smallest absolute Gasteiger partial charge is 0.259 e. The summed E-state index contributed by atoms with van der Waals surface area (Å²) in [5.41, 5.74) is 1.35. The maximum atomic E-state index is 12.5. The van der Waals surface area contributed by atoms with Crippen molar-refractivity contribution in [2.75, 3.05) is 13.1 Å². The molecule has 1 aliphatic carbocycles. The predicted molar refractivity (Wildman–Crippen MR) is 90.6 cm³/mol. The average molecular weight is 317 g/mol. The first-order chi connectivity index (χ1) is 10.7. The molecule has 2 aromatic rings. The maximum Gasteiger partial charge on any atom is 0.259 e. The molecule has 0 amide bonds. The lowest BCUT2D eigenvalue weighted by atomic mass is 9.89. The Morgan fingerprint density at radius 2 is 2.14 bits per heavy atom. The van der Waals surface area contributed by atoms with E-state index < -0.39 is 0 Å². The van der Waals surface area contributed by atoms with E-state index in [0.29, 0.717) is 0 Å². The number of hydrogen-bond acceptors (Lipinski definition) is 4. The van der Waals surface area contributed by atoms with Crippen molar-refractivity contribution in [1.29, 1.82) is 0 Å². The molecule has 118 valence electrons. The lowest BCUT2D eigenvalue weighted by molar-refractivity contribution is 0.216. The highest BCUT2D eigenvalue weighted by molar-refractivity contribution is 7.18. The van der Waals surface area contributed by atoms with Gasteiger partial charge in [-0.15, -0.1) is 11.3 Å². The van der Waals surface area contributed by atoms with Crippen LogP contribution in [0.5, 0.6) is 0 Å². The monoisotopic (exact) mass is 317 g/mol. The van der Waals surface area contributed by atoms with Crippen LogP contribution in [-0.2, 0) is 19.4 Å². The molecule has 4 nitrogen and oxygen atoms in total. The van der Waals surface area contributed by atoms with Crippen LogP contribution in [0.4, 0.5) is 0 Å². The van der Waals surface area contributed by atoms with Crippen molar-refractivity contribution in [2.45, 2.75) is 52.0 Å². The molecule has 22 heavy (non-hydrogen) atoms. The highest BCUT2D eigenvalue weighted by Crippen LogP contribution is 2.35. The van der Waals surface area contributed by atoms with E-state index in [1.54, 1.807) is 11.3 Å². The summed E-state index contributed by atoms with van der Waals surface area (Å²) in [5.74, 6) is 1.57. The number of nitrogens with zero attached hydrogens (tertiary/aromatic N) is 2. The topological polar surface area (TPSA) is 49.0 Å². The summed E-state index contributed by atoms with van der Waals surface area (Å²) in [5, 5.41) is 0.870. The summed E-state index contributed by atoms with van der Waals surface area (Å²) in [4.78, 5) is 25.1. The van der Waals surface area contributed by atoms with Gasteiger partial charge in [0.05, 0.1) is 11.9 Å². The SMILES string of the molecule is C[C@@H]1CCc2c(sc3nc(CN4CCCCC4)[nH]c(=O)c23)C1. The van der Waals surface area contributed by atoms with Crippen LogP contribution in [0, 0.1) is 5.92 Å². The van der Waals surface area contributed by atoms with Gasteiger partial charge >= 0.3 is 0 Å². The minimum atomic E-state index is 0.0732. The summed E-state index contributed by atoms with van der Waals surface area (Å²) in [6, 6.07) is 0. The number of nitrogens with one attached hydrogen (secondary N) is 1. The zero-order valence-electron chi connectivity index (χ0n) is 13.2. The fourth-order valence-corrected chi connectivity index (χ4v) is 5.20. The first kappa shape index (κ1) is 14.4. The molecule has 1 fully saturated rings. The van der Waals surface area contributed by atoms with Crippen molar-refractivity contribution in [3.63, 3.8) is 0 Å². The fourth-order valence-electron chi connectivity index (χ4n) is 3.80. The number of thiophene rings is 1. The van der Waals surface area contributed by atoms with E-state index in [-0.39, 0.29) is 5.56 Å². The molecule has 0 unspecified atom stereocenters. The Hall–Kier alpha value is -1.20. The van der Waals surface area contributed by atoms with Gasteiger partial charge in [-0.1, -0.05) is 13.3 Å². The lowest BCUT2D eigenvalue weighted by Gasteiger charge is -2.25. The second-order valence-corrected chi connectivity index (χ2v) is 7.96. The van der Waals surface area contributed by atoms with E-state index in [9.17, 15) is 4.79 Å². The van der Waals surface area contributed by atoms with Crippen molar-refractivity contribution >= 4 is 21.6 Å². The fraction of sp³-hybridized carbons (Fsp3) is 0.647. The molecule has 0 spiro atoms. The molecule has 0 bridgehead atoms. The third kappa shape index (κ3) is 2.61. The number of aromatic amines is 1. The van der Waals surface area contributed by atoms with Crippen molar-refractivity contribution in [3.8, 4) is 0 Å². The highest BCUT2D eigenvalue weighted by atomic mass is 32.1. The maximum absolute atomic E-state index is 12.5. The minimum absolute atomic E-state index is 0.0732. The minimum Gasteiger partial charge on any atom is -0.309 e. The molecule has 2 aromatic heterocycles. The number of aromatic nitrogens is 2. The number of hydrogen-bond donors (Lipinski definition) is 1. The largest absolute Gasteiger partial charge is 0.309 e. The van der Waals surface area contributed by atoms with Gasteiger partial charge in [0, 0.05) is 4.88 Å². The third-order valence-electron chi connectivity index (χ3n) is 5.04. The molecule has 2 aliphatic rings. The van der Waals surface area contributed by atoms with Crippen LogP contribution in [0.15, 0.2) is 4.79 Å². The average Bonchev–Trinajstić information content (AvgIpc) is 2.85. The first-order valence-corrected chi connectivity index (χ1v) is 9.28. The molecule has 1 atom stereocenters. The molecule has 0 radical (unpaired) electrons. The van der Waals surface area contributed by atoms with Crippen molar-refractivity contribution in [2.24, 2.45) is 5.92 Å². The summed E-state index contributed by atoms with van der Waals surface area (Å²) in [7, 11) is 0. The predicted octanol–water partition coefficient (Wildman–Crippen LogP) is 3.10. The van der Waals surface area contributed by atoms with Gasteiger partial charge in [0.25, 0.3) is 5.56 Å². The molecule has 1 aliphatic heterocycles. The zero-order valence-corrected chi connectivity index (χ0v) is 14.0. The van der Waals surface area contributed by atoms with Crippen LogP contribution >= 0.6 is 11.3 Å². The van der Waals surface area contributed by atoms with Crippen molar-refractivity contribution in [1.82, 2.24) is 14.9 Å². The van der Waals surface area contributed by atoms with Crippen molar-refractivity contribution < 1.29 is 0 Å². The molecule has 4 rings (SSSR count). The first-order valence-electron chi connectivity index (χ1n) is 8.46. The Bertz CT molecular complexity index is 742. The van der Waals surface area contributed by atoms with Gasteiger partial charge in [0.2, 0.25) is 0 Å². The number of rotatable bonds is 2. The van der Waals surface area contributed by atoms with Crippen LogP contribution in [0.1, 0.15) is 48.9 Å². The second kappa shape index (κ2) is 5.78. The third-order valence-corrected chi connectivity index (χ3v) is 6.18. The molecule has 1 N–H and O–H groups in total. The summed E-state index contributed by atoms with van der Waals surface area (Å²) in [6.07, 6.45) is 7.18. The van der Waals surface area contributed by atoms with E-state index in [1.807, 2.05) is 0 Å². The Morgan fingerprint density at radius 3 is 2.95 bits per heavy atom. The van der Waals surface area contributed by atoms with Crippen LogP contribution < -0.4 is 5.56 Å². The van der Waals surface area contributed by atoms with Crippen LogP contribution in [0.25, 0.3) is 10.2 Å². The molecular formula is C17H23N3OS. The molecule has 0 saturated carbocycles. The normalized spacial score (nSPS) is 22.9. The number of piperidine rings is 1. The molecular weight excluding hydrogens is 294 g/mol. The van der Waals surface area contributed by atoms with Gasteiger partial charge in [0.1, 0.15) is 10.7 Å². The highest BCUT2D eigenvalue weighted by Gasteiger charge is 2.23. The van der Waals surface area contributed by atoms with Gasteiger partial charge < -0.3 is 4.98 Å². The molecule has 0 aromatic carbocycles. The van der Waals surface area contributed by atoms with E-state index in [4.69, 9.17) is 4.98 Å². The van der Waals surface area contributed by atoms with Gasteiger partial charge in [-0.2, -0.15) is 0 Å². The number of H-pyrrole nitrogens is 1. The zero-order chi connectivity index (χ0) is 15.1. The molecule has 3 heterocycles. The molecule has 5 heteroatoms. The Balaban J connectivity index is 1.69. The summed E-state index contributed by atoms with van der Waals surface area (Å²) >= 11 is 1.74. The van der Waals surface area contributed by atoms with Gasteiger partial charge in [-0.25, -0.2) is 4.98 Å². The van der Waals surface area contributed by atoms with Gasteiger partial charge in [0.15, 0.2) is 0 Å². The Morgan fingerprint density at radius 1 is 1.32 bits per heavy atom. The number of fused-ring (bicyclic) bond motifs is 3. The van der Waals surface area contributed by atoms with E-state index in [0.717, 1.165) is 54.4 Å². The lowest BCUT2D eigenvalue weighted by Crippen LogP contribution is -2.30. The van der Waals surface area contributed by atoms with Gasteiger partial charge in [-0.3, -0.25) is 9.69 Å². The van der Waals surface area contributed by atoms with Crippen LogP contribution in [-0.4, -0.2) is 28.0 Å². The quantitative estimate of drug-likeness (QED) is 0.926. The summed E-state index contributed by atoms with van der Waals surface area (Å²) < 4.78 is 0. The summed E-state index contributed by atoms with van der Waals surface area (Å²) in [6.45, 7) is 5.33. The Labute approximate surface area is 134 Å².